The molecule has 3 N–H and O–H groups in total. The molecule has 0 aromatic heterocycles. The van der Waals surface area contributed by atoms with Crippen molar-refractivity contribution in [1.82, 2.24) is 16.0 Å². The number of amides is 2. The molecule has 7 heteroatoms. The lowest BCUT2D eigenvalue weighted by molar-refractivity contribution is -0.126. The van der Waals surface area contributed by atoms with Gasteiger partial charge in [-0.2, -0.15) is 0 Å². The number of nitrogens with one attached hydrogen (secondary N) is 3. The second kappa shape index (κ2) is 13.3. The van der Waals surface area contributed by atoms with Gasteiger partial charge in [-0.25, -0.2) is 0 Å². The van der Waals surface area contributed by atoms with Crippen LogP contribution in [0.3, 0.4) is 0 Å². The van der Waals surface area contributed by atoms with Crippen LogP contribution < -0.4 is 16.0 Å². The molecule has 2 fully saturated rings. The molecule has 0 saturated heterocycles. The number of halogens is 1. The van der Waals surface area contributed by atoms with E-state index < -0.39 is 0 Å². The van der Waals surface area contributed by atoms with Crippen molar-refractivity contribution in [2.75, 3.05) is 33.4 Å². The minimum Gasteiger partial charge on any atom is -0.383 e. The first kappa shape index (κ1) is 23.2. The van der Waals surface area contributed by atoms with Gasteiger partial charge in [0.2, 0.25) is 11.8 Å². The van der Waals surface area contributed by atoms with Crippen molar-refractivity contribution in [3.8, 4) is 0 Å². The van der Waals surface area contributed by atoms with Gasteiger partial charge in [-0.05, 0) is 44.4 Å². The Labute approximate surface area is 164 Å². The van der Waals surface area contributed by atoms with E-state index in [1.54, 1.807) is 7.11 Å². The van der Waals surface area contributed by atoms with Crippen LogP contribution >= 0.6 is 12.4 Å². The summed E-state index contributed by atoms with van der Waals surface area (Å²) in [5.41, 5.74) is 0. The van der Waals surface area contributed by atoms with Gasteiger partial charge in [-0.1, -0.05) is 12.8 Å². The molecular formula is C19H36ClN3O3. The summed E-state index contributed by atoms with van der Waals surface area (Å²) in [5, 5.41) is 9.40. The molecule has 0 aromatic rings. The van der Waals surface area contributed by atoms with E-state index in [0.29, 0.717) is 25.5 Å². The lowest BCUT2D eigenvalue weighted by atomic mass is 9.85. The van der Waals surface area contributed by atoms with E-state index >= 15 is 0 Å². The molecule has 2 aliphatic carbocycles. The second-order valence-corrected chi connectivity index (χ2v) is 7.50. The molecule has 26 heavy (non-hydrogen) atoms. The average Bonchev–Trinajstić information content (AvgIpc) is 3.11. The van der Waals surface area contributed by atoms with Gasteiger partial charge in [0.25, 0.3) is 0 Å². The van der Waals surface area contributed by atoms with Crippen molar-refractivity contribution in [2.24, 2.45) is 11.8 Å². The zero-order chi connectivity index (χ0) is 17.9. The van der Waals surface area contributed by atoms with Crippen LogP contribution in [0.1, 0.15) is 57.8 Å². The summed E-state index contributed by atoms with van der Waals surface area (Å²) in [6, 6.07) is 0.258. The number of methoxy groups -OCH3 is 1. The maximum Gasteiger partial charge on any atom is 0.223 e. The largest absolute Gasteiger partial charge is 0.383 e. The van der Waals surface area contributed by atoms with Crippen molar-refractivity contribution in [3.05, 3.63) is 0 Å². The van der Waals surface area contributed by atoms with Crippen LogP contribution in [0, 0.1) is 11.8 Å². The first-order valence-electron chi connectivity index (χ1n) is 9.95. The number of rotatable bonds is 10. The van der Waals surface area contributed by atoms with Crippen LogP contribution in [0.2, 0.25) is 0 Å². The molecule has 0 aromatic carbocycles. The highest BCUT2D eigenvalue weighted by atomic mass is 35.5. The van der Waals surface area contributed by atoms with Crippen LogP contribution in [0.25, 0.3) is 0 Å². The third kappa shape index (κ3) is 8.69. The predicted octanol–water partition coefficient (Wildman–Crippen LogP) is 2.02. The Morgan fingerprint density at radius 1 is 0.962 bits per heavy atom. The number of hydrogen-bond acceptors (Lipinski definition) is 4. The molecule has 2 rings (SSSR count). The normalized spacial score (nSPS) is 23.3. The molecular weight excluding hydrogens is 354 g/mol. The van der Waals surface area contributed by atoms with E-state index in [2.05, 4.69) is 16.0 Å². The molecule has 6 nitrogen and oxygen atoms in total. The molecule has 2 saturated carbocycles. The molecule has 0 atom stereocenters. The molecule has 0 radical (unpaired) electrons. The van der Waals surface area contributed by atoms with Gasteiger partial charge in [0.1, 0.15) is 0 Å². The quantitative estimate of drug-likeness (QED) is 0.499. The summed E-state index contributed by atoms with van der Waals surface area (Å²) in [7, 11) is 1.68. The Hall–Kier alpha value is -0.850. The summed E-state index contributed by atoms with van der Waals surface area (Å²) in [4.78, 5) is 24.3. The van der Waals surface area contributed by atoms with Gasteiger partial charge < -0.3 is 20.7 Å². The molecule has 0 heterocycles. The van der Waals surface area contributed by atoms with Gasteiger partial charge in [0.05, 0.1) is 6.61 Å². The standard InChI is InChI=1S/C19H35N3O3.ClH/c1-25-13-12-20-10-11-21-19(24)16-6-8-17(9-7-16)22-18(23)14-15-4-2-3-5-15;/h15-17,20H,2-14H2,1H3,(H,21,24)(H,22,23);1H. The minimum atomic E-state index is 0. The predicted molar refractivity (Wildman–Crippen MR) is 105 cm³/mol. The summed E-state index contributed by atoms with van der Waals surface area (Å²) in [6.45, 7) is 2.91. The highest BCUT2D eigenvalue weighted by molar-refractivity contribution is 5.85. The lowest BCUT2D eigenvalue weighted by Gasteiger charge is -2.28. The monoisotopic (exact) mass is 389 g/mol. The van der Waals surface area contributed by atoms with E-state index in [1.165, 1.54) is 25.7 Å². The lowest BCUT2D eigenvalue weighted by Crippen LogP contribution is -2.42. The Balaban J connectivity index is 0.00000338. The van der Waals surface area contributed by atoms with Crippen LogP contribution in [0.5, 0.6) is 0 Å². The Bertz CT molecular complexity index is 409. The summed E-state index contributed by atoms with van der Waals surface area (Å²) < 4.78 is 4.96. The first-order valence-corrected chi connectivity index (χ1v) is 9.95. The molecule has 2 amide bonds. The van der Waals surface area contributed by atoms with Crippen molar-refractivity contribution in [1.29, 1.82) is 0 Å². The summed E-state index contributed by atoms with van der Waals surface area (Å²) >= 11 is 0. The van der Waals surface area contributed by atoms with E-state index in [4.69, 9.17) is 4.74 Å². The highest BCUT2D eigenvalue weighted by Crippen LogP contribution is 2.28. The fourth-order valence-corrected chi connectivity index (χ4v) is 3.98. The van der Waals surface area contributed by atoms with Crippen LogP contribution in [0.4, 0.5) is 0 Å². The summed E-state index contributed by atoms with van der Waals surface area (Å²) in [5.74, 6) is 1.06. The molecule has 0 bridgehead atoms. The zero-order valence-corrected chi connectivity index (χ0v) is 16.9. The molecule has 0 aliphatic heterocycles. The number of carbonyl (C=O) groups excluding carboxylic acids is 2. The average molecular weight is 390 g/mol. The third-order valence-corrected chi connectivity index (χ3v) is 5.50. The van der Waals surface area contributed by atoms with Crippen molar-refractivity contribution < 1.29 is 14.3 Å². The third-order valence-electron chi connectivity index (χ3n) is 5.50. The van der Waals surface area contributed by atoms with Gasteiger partial charge in [-0.15, -0.1) is 12.4 Å². The highest BCUT2D eigenvalue weighted by Gasteiger charge is 2.27. The zero-order valence-electron chi connectivity index (χ0n) is 16.1. The SMILES string of the molecule is COCCNCCNC(=O)C1CCC(NC(=O)CC2CCCC2)CC1.Cl. The van der Waals surface area contributed by atoms with E-state index in [0.717, 1.165) is 38.8 Å². The molecule has 152 valence electrons. The fourth-order valence-electron chi connectivity index (χ4n) is 3.98. The number of ether oxygens (including phenoxy) is 1. The van der Waals surface area contributed by atoms with Gasteiger partial charge in [-0.3, -0.25) is 9.59 Å². The Kier molecular flexibility index (Phi) is 11.9. The molecule has 2 aliphatic rings. The number of hydrogen-bond donors (Lipinski definition) is 3. The maximum absolute atomic E-state index is 12.2. The first-order chi connectivity index (χ1) is 12.2. The smallest absolute Gasteiger partial charge is 0.223 e. The van der Waals surface area contributed by atoms with E-state index in [9.17, 15) is 9.59 Å². The topological polar surface area (TPSA) is 79.5 Å². The van der Waals surface area contributed by atoms with Crippen LogP contribution in [-0.4, -0.2) is 51.2 Å². The van der Waals surface area contributed by atoms with Crippen LogP contribution in [-0.2, 0) is 14.3 Å². The van der Waals surface area contributed by atoms with Gasteiger partial charge in [0.15, 0.2) is 0 Å². The van der Waals surface area contributed by atoms with E-state index in [1.807, 2.05) is 0 Å². The van der Waals surface area contributed by atoms with Crippen molar-refractivity contribution in [3.63, 3.8) is 0 Å². The van der Waals surface area contributed by atoms with Crippen molar-refractivity contribution >= 4 is 24.2 Å². The Morgan fingerprint density at radius 3 is 2.31 bits per heavy atom. The fraction of sp³-hybridized carbons (Fsp3) is 0.895. The van der Waals surface area contributed by atoms with Gasteiger partial charge in [0, 0.05) is 45.1 Å². The van der Waals surface area contributed by atoms with Gasteiger partial charge >= 0.3 is 0 Å². The van der Waals surface area contributed by atoms with Crippen molar-refractivity contribution in [2.45, 2.75) is 63.8 Å². The maximum atomic E-state index is 12.2. The minimum absolute atomic E-state index is 0. The number of carbonyl (C=O) groups is 2. The molecule has 0 spiro atoms. The Morgan fingerprint density at radius 2 is 1.65 bits per heavy atom. The molecule has 0 unspecified atom stereocenters. The van der Waals surface area contributed by atoms with Crippen LogP contribution in [0.15, 0.2) is 0 Å². The van der Waals surface area contributed by atoms with E-state index in [-0.39, 0.29) is 36.2 Å². The summed E-state index contributed by atoms with van der Waals surface area (Å²) in [6.07, 6.45) is 9.24. The second-order valence-electron chi connectivity index (χ2n) is 7.50.